The minimum atomic E-state index is -1.01. The maximum Gasteiger partial charge on any atom is 0.251 e. The molecule has 3 aromatic rings. The minimum absolute atomic E-state index is 0.00275. The van der Waals surface area contributed by atoms with Gasteiger partial charge in [-0.25, -0.2) is 23.1 Å². The Morgan fingerprint density at radius 3 is 2.68 bits per heavy atom. The fourth-order valence-corrected chi connectivity index (χ4v) is 4.88. The SMILES string of the molecule is C=Nc1ncc(-c2ccc(N3CCO[C@@H](C(C)C)C3)c(F)c2F)cc1-c1cc2c(cc1F)C(=O)NCC2. The van der Waals surface area contributed by atoms with E-state index in [-0.39, 0.29) is 57.3 Å². The van der Waals surface area contributed by atoms with Gasteiger partial charge in [0.1, 0.15) is 5.82 Å². The van der Waals surface area contributed by atoms with Gasteiger partial charge >= 0.3 is 0 Å². The maximum atomic E-state index is 15.4. The smallest absolute Gasteiger partial charge is 0.251 e. The number of pyridine rings is 1. The number of hydrogen-bond donors (Lipinski definition) is 1. The molecule has 0 unspecified atom stereocenters. The molecule has 6 nitrogen and oxygen atoms in total. The molecule has 1 atom stereocenters. The van der Waals surface area contributed by atoms with Crippen molar-refractivity contribution in [3.63, 3.8) is 0 Å². The summed E-state index contributed by atoms with van der Waals surface area (Å²) in [5.41, 5.74) is 1.83. The maximum absolute atomic E-state index is 15.4. The molecule has 5 rings (SSSR count). The van der Waals surface area contributed by atoms with Crippen LogP contribution in [0.1, 0.15) is 29.8 Å². The average molecular weight is 509 g/mol. The molecule has 2 aromatic carbocycles. The van der Waals surface area contributed by atoms with E-state index in [9.17, 15) is 4.79 Å². The van der Waals surface area contributed by atoms with Gasteiger partial charge < -0.3 is 15.0 Å². The first-order chi connectivity index (χ1) is 17.8. The molecule has 3 heterocycles. The number of nitrogens with zero attached hydrogens (tertiary/aromatic N) is 3. The first-order valence-electron chi connectivity index (χ1n) is 12.2. The van der Waals surface area contributed by atoms with Gasteiger partial charge in [-0.15, -0.1) is 0 Å². The number of ether oxygens (including phenoxy) is 1. The number of nitrogens with one attached hydrogen (secondary N) is 1. The molecule has 0 aliphatic carbocycles. The van der Waals surface area contributed by atoms with Crippen LogP contribution in [-0.4, -0.2) is 50.0 Å². The molecule has 1 fully saturated rings. The second kappa shape index (κ2) is 9.97. The molecule has 37 heavy (non-hydrogen) atoms. The number of aromatic nitrogens is 1. The van der Waals surface area contributed by atoms with Crippen molar-refractivity contribution in [1.82, 2.24) is 10.3 Å². The zero-order valence-electron chi connectivity index (χ0n) is 20.7. The predicted octanol–water partition coefficient (Wildman–Crippen LogP) is 5.31. The number of amides is 1. The molecular formula is C28H27F3N4O2. The third kappa shape index (κ3) is 4.59. The van der Waals surface area contributed by atoms with Crippen molar-refractivity contribution in [2.75, 3.05) is 31.1 Å². The number of carbonyl (C=O) groups is 1. The van der Waals surface area contributed by atoms with Gasteiger partial charge in [0, 0.05) is 53.6 Å². The van der Waals surface area contributed by atoms with E-state index < -0.39 is 17.5 Å². The van der Waals surface area contributed by atoms with Gasteiger partial charge in [0.05, 0.1) is 18.4 Å². The van der Waals surface area contributed by atoms with Crippen molar-refractivity contribution < 1.29 is 22.7 Å². The summed E-state index contributed by atoms with van der Waals surface area (Å²) in [5, 5.41) is 2.69. The summed E-state index contributed by atoms with van der Waals surface area (Å²) < 4.78 is 51.6. The number of rotatable bonds is 5. The fraction of sp³-hybridized carbons (Fsp3) is 0.321. The molecule has 0 bridgehead atoms. The van der Waals surface area contributed by atoms with E-state index >= 15 is 13.2 Å². The number of morpholine rings is 1. The van der Waals surface area contributed by atoms with Crippen LogP contribution in [0.2, 0.25) is 0 Å². The van der Waals surface area contributed by atoms with E-state index in [0.717, 1.165) is 0 Å². The molecule has 1 amide bonds. The van der Waals surface area contributed by atoms with Crippen LogP contribution >= 0.6 is 0 Å². The van der Waals surface area contributed by atoms with E-state index in [1.807, 2.05) is 13.8 Å². The second-order valence-electron chi connectivity index (χ2n) is 9.61. The van der Waals surface area contributed by atoms with Crippen molar-refractivity contribution >= 4 is 24.1 Å². The molecule has 2 aliphatic rings. The van der Waals surface area contributed by atoms with E-state index in [4.69, 9.17) is 4.74 Å². The Labute approximate surface area is 213 Å². The van der Waals surface area contributed by atoms with Crippen molar-refractivity contribution in [1.29, 1.82) is 0 Å². The van der Waals surface area contributed by atoms with Crippen LogP contribution in [0.5, 0.6) is 0 Å². The summed E-state index contributed by atoms with van der Waals surface area (Å²) >= 11 is 0. The van der Waals surface area contributed by atoms with Crippen molar-refractivity contribution in [3.05, 3.63) is 65.1 Å². The number of carbonyl (C=O) groups excluding carboxylic acids is 1. The molecule has 192 valence electrons. The monoisotopic (exact) mass is 508 g/mol. The van der Waals surface area contributed by atoms with E-state index in [0.29, 0.717) is 38.2 Å². The van der Waals surface area contributed by atoms with Gasteiger partial charge in [0.15, 0.2) is 17.5 Å². The largest absolute Gasteiger partial charge is 0.374 e. The second-order valence-corrected chi connectivity index (χ2v) is 9.61. The Hall–Kier alpha value is -3.72. The molecule has 0 radical (unpaired) electrons. The van der Waals surface area contributed by atoms with Gasteiger partial charge in [-0.1, -0.05) is 13.8 Å². The van der Waals surface area contributed by atoms with Crippen LogP contribution in [0.25, 0.3) is 22.3 Å². The highest BCUT2D eigenvalue weighted by Gasteiger charge is 2.27. The Bertz CT molecular complexity index is 1390. The first kappa shape index (κ1) is 25.0. The third-order valence-electron chi connectivity index (χ3n) is 6.97. The number of hydrogen-bond acceptors (Lipinski definition) is 5. The van der Waals surface area contributed by atoms with Gasteiger partial charge in [0.25, 0.3) is 5.91 Å². The van der Waals surface area contributed by atoms with Crippen molar-refractivity contribution in [3.8, 4) is 22.3 Å². The molecular weight excluding hydrogens is 481 g/mol. The van der Waals surface area contributed by atoms with E-state index in [1.54, 1.807) is 17.0 Å². The zero-order chi connectivity index (χ0) is 26.3. The van der Waals surface area contributed by atoms with Crippen LogP contribution in [0, 0.1) is 23.4 Å². The Morgan fingerprint density at radius 1 is 1.11 bits per heavy atom. The van der Waals surface area contributed by atoms with E-state index in [2.05, 4.69) is 22.0 Å². The lowest BCUT2D eigenvalue weighted by molar-refractivity contribution is 0.0112. The summed E-state index contributed by atoms with van der Waals surface area (Å²) in [4.78, 5) is 22.0. The van der Waals surface area contributed by atoms with Crippen molar-refractivity contribution in [2.45, 2.75) is 26.4 Å². The van der Waals surface area contributed by atoms with Crippen LogP contribution in [0.15, 0.2) is 41.5 Å². The molecule has 2 aliphatic heterocycles. The number of halogens is 3. The van der Waals surface area contributed by atoms with Gasteiger partial charge in [-0.2, -0.15) is 0 Å². The lowest BCUT2D eigenvalue weighted by Gasteiger charge is -2.36. The average Bonchev–Trinajstić information content (AvgIpc) is 2.90. The number of fused-ring (bicyclic) bond motifs is 1. The Morgan fingerprint density at radius 2 is 1.92 bits per heavy atom. The Balaban J connectivity index is 1.55. The molecule has 1 aromatic heterocycles. The zero-order valence-corrected chi connectivity index (χ0v) is 20.7. The summed E-state index contributed by atoms with van der Waals surface area (Å²) in [5.74, 6) is -2.56. The molecule has 9 heteroatoms. The fourth-order valence-electron chi connectivity index (χ4n) is 4.88. The van der Waals surface area contributed by atoms with Crippen LogP contribution in [0.4, 0.5) is 24.7 Å². The van der Waals surface area contributed by atoms with E-state index in [1.165, 1.54) is 24.4 Å². The lowest BCUT2D eigenvalue weighted by atomic mass is 9.93. The molecule has 1 N–H and O–H groups in total. The van der Waals surface area contributed by atoms with Crippen LogP contribution in [0.3, 0.4) is 0 Å². The van der Waals surface area contributed by atoms with Crippen LogP contribution < -0.4 is 10.2 Å². The minimum Gasteiger partial charge on any atom is -0.374 e. The van der Waals surface area contributed by atoms with Gasteiger partial charge in [-0.05, 0) is 55.0 Å². The highest BCUT2D eigenvalue weighted by molar-refractivity contribution is 5.97. The van der Waals surface area contributed by atoms with Gasteiger partial charge in [0.2, 0.25) is 0 Å². The molecule has 1 saturated heterocycles. The summed E-state index contributed by atoms with van der Waals surface area (Å²) in [6, 6.07) is 7.34. The third-order valence-corrected chi connectivity index (χ3v) is 6.97. The predicted molar refractivity (Wildman–Crippen MR) is 137 cm³/mol. The summed E-state index contributed by atoms with van der Waals surface area (Å²) in [7, 11) is 0. The first-order valence-corrected chi connectivity index (χ1v) is 12.2. The molecule has 0 spiro atoms. The highest BCUT2D eigenvalue weighted by atomic mass is 19.2. The quantitative estimate of drug-likeness (QED) is 0.475. The molecule has 0 saturated carbocycles. The summed E-state index contributed by atoms with van der Waals surface area (Å²) in [6.45, 7) is 9.37. The highest BCUT2D eigenvalue weighted by Crippen LogP contribution is 2.38. The van der Waals surface area contributed by atoms with Crippen molar-refractivity contribution in [2.24, 2.45) is 10.9 Å². The number of benzene rings is 2. The number of anilines is 1. The standard InChI is InChI=1S/C28H27F3N4O2/c1-15(2)24-14-35(8-9-37-24)23-5-4-18(25(30)26(23)31)17-11-21(27(32-3)34-13-17)20-10-16-6-7-33-28(36)19(16)12-22(20)29/h4-5,10-13,15,24H,3,6-9,14H2,1-2H3,(H,33,36)/t24-/m1/s1. The van der Waals surface area contributed by atoms with Crippen LogP contribution in [-0.2, 0) is 11.2 Å². The number of aliphatic imine (C=N–C) groups is 1. The summed E-state index contributed by atoms with van der Waals surface area (Å²) in [6.07, 6.45) is 1.83. The topological polar surface area (TPSA) is 66.8 Å². The normalized spacial score (nSPS) is 17.5. The Kier molecular flexibility index (Phi) is 6.72. The lowest BCUT2D eigenvalue weighted by Crippen LogP contribution is -2.45. The van der Waals surface area contributed by atoms with Gasteiger partial charge in [-0.3, -0.25) is 4.79 Å².